The normalized spacial score (nSPS) is 10.3. The van der Waals surface area contributed by atoms with Crippen molar-refractivity contribution in [1.29, 1.82) is 0 Å². The highest BCUT2D eigenvalue weighted by molar-refractivity contribution is 9.11. The zero-order valence-corrected chi connectivity index (χ0v) is 9.76. The van der Waals surface area contributed by atoms with E-state index in [9.17, 15) is 0 Å². The van der Waals surface area contributed by atoms with Gasteiger partial charge in [0.25, 0.3) is 0 Å². The third-order valence-corrected chi connectivity index (χ3v) is 3.03. The average Bonchev–Trinajstić information content (AvgIpc) is 2.52. The Hall–Kier alpha value is -0.610. The van der Waals surface area contributed by atoms with Crippen molar-refractivity contribution in [1.82, 2.24) is 10.2 Å². The minimum Gasteiger partial charge on any atom is -0.277 e. The van der Waals surface area contributed by atoms with Crippen molar-refractivity contribution < 1.29 is 0 Å². The van der Waals surface area contributed by atoms with Crippen LogP contribution in [-0.4, -0.2) is 10.2 Å². The molecule has 2 nitrogen and oxygen atoms in total. The molecule has 13 heavy (non-hydrogen) atoms. The summed E-state index contributed by atoms with van der Waals surface area (Å²) in [6.45, 7) is 0. The highest BCUT2D eigenvalue weighted by Gasteiger charge is 2.07. The standard InChI is InChI=1S/C9H6Br2N2/c10-7-4-2-1-3-6(7)9-8(11)5-12-13-9/h1-5H,(H,12,13). The zero-order chi connectivity index (χ0) is 9.26. The molecule has 66 valence electrons. The molecule has 0 aliphatic heterocycles. The van der Waals surface area contributed by atoms with Crippen molar-refractivity contribution in [3.63, 3.8) is 0 Å². The molecule has 0 amide bonds. The van der Waals surface area contributed by atoms with E-state index in [2.05, 4.69) is 42.1 Å². The monoisotopic (exact) mass is 300 g/mol. The van der Waals surface area contributed by atoms with Gasteiger partial charge in [-0.1, -0.05) is 34.1 Å². The lowest BCUT2D eigenvalue weighted by Crippen LogP contribution is -1.80. The number of hydrogen-bond donors (Lipinski definition) is 1. The number of benzene rings is 1. The molecule has 0 spiro atoms. The molecule has 0 atom stereocenters. The second-order valence-electron chi connectivity index (χ2n) is 2.57. The number of rotatable bonds is 1. The molecule has 1 aromatic heterocycles. The van der Waals surface area contributed by atoms with Crippen LogP contribution in [0.3, 0.4) is 0 Å². The highest BCUT2D eigenvalue weighted by atomic mass is 79.9. The molecular formula is C9H6Br2N2. The van der Waals surface area contributed by atoms with Crippen LogP contribution in [-0.2, 0) is 0 Å². The molecule has 0 unspecified atom stereocenters. The zero-order valence-electron chi connectivity index (χ0n) is 6.59. The third kappa shape index (κ3) is 1.69. The van der Waals surface area contributed by atoms with E-state index in [4.69, 9.17) is 0 Å². The first-order valence-electron chi connectivity index (χ1n) is 3.73. The number of nitrogens with zero attached hydrogens (tertiary/aromatic N) is 1. The lowest BCUT2D eigenvalue weighted by molar-refractivity contribution is 1.09. The lowest BCUT2D eigenvalue weighted by Gasteiger charge is -2.00. The molecule has 0 bridgehead atoms. The molecule has 0 fully saturated rings. The van der Waals surface area contributed by atoms with Crippen LogP contribution in [0.2, 0.25) is 0 Å². The van der Waals surface area contributed by atoms with Crippen molar-refractivity contribution in [2.45, 2.75) is 0 Å². The minimum atomic E-state index is 0.972. The highest BCUT2D eigenvalue weighted by Crippen LogP contribution is 2.31. The number of halogens is 2. The molecule has 4 heteroatoms. The van der Waals surface area contributed by atoms with Crippen molar-refractivity contribution in [3.05, 3.63) is 39.4 Å². The van der Waals surface area contributed by atoms with Crippen LogP contribution in [0.1, 0.15) is 0 Å². The Morgan fingerprint density at radius 1 is 1.08 bits per heavy atom. The molecule has 0 radical (unpaired) electrons. The number of aromatic amines is 1. The predicted octanol–water partition coefficient (Wildman–Crippen LogP) is 3.60. The second kappa shape index (κ2) is 3.64. The Bertz CT molecular complexity index is 423. The summed E-state index contributed by atoms with van der Waals surface area (Å²) >= 11 is 6.91. The molecule has 2 aromatic rings. The fourth-order valence-corrected chi connectivity index (χ4v) is 2.01. The van der Waals surface area contributed by atoms with Gasteiger partial charge in [0.2, 0.25) is 0 Å². The summed E-state index contributed by atoms with van der Waals surface area (Å²) in [5.74, 6) is 0. The van der Waals surface area contributed by atoms with Gasteiger partial charge < -0.3 is 0 Å². The average molecular weight is 302 g/mol. The molecule has 0 aliphatic rings. The van der Waals surface area contributed by atoms with Crippen LogP contribution >= 0.6 is 31.9 Å². The summed E-state index contributed by atoms with van der Waals surface area (Å²) in [7, 11) is 0. The van der Waals surface area contributed by atoms with Gasteiger partial charge in [0.15, 0.2) is 0 Å². The molecular weight excluding hydrogens is 296 g/mol. The van der Waals surface area contributed by atoms with Gasteiger partial charge in [-0.15, -0.1) is 0 Å². The first-order chi connectivity index (χ1) is 6.29. The molecule has 2 rings (SSSR count). The van der Waals surface area contributed by atoms with Crippen molar-refractivity contribution in [2.24, 2.45) is 0 Å². The summed E-state index contributed by atoms with van der Waals surface area (Å²) in [5.41, 5.74) is 2.10. The summed E-state index contributed by atoms with van der Waals surface area (Å²) in [6.07, 6.45) is 1.74. The Morgan fingerprint density at radius 3 is 2.46 bits per heavy atom. The Balaban J connectivity index is 2.59. The largest absolute Gasteiger partial charge is 0.277 e. The van der Waals surface area contributed by atoms with Gasteiger partial charge >= 0.3 is 0 Å². The quantitative estimate of drug-likeness (QED) is 0.856. The van der Waals surface area contributed by atoms with E-state index < -0.39 is 0 Å². The first-order valence-corrected chi connectivity index (χ1v) is 5.31. The fourth-order valence-electron chi connectivity index (χ4n) is 1.12. The van der Waals surface area contributed by atoms with Crippen LogP contribution in [0.5, 0.6) is 0 Å². The van der Waals surface area contributed by atoms with E-state index in [0.29, 0.717) is 0 Å². The molecule has 0 saturated carbocycles. The van der Waals surface area contributed by atoms with Gasteiger partial charge in [0, 0.05) is 10.0 Å². The summed E-state index contributed by atoms with van der Waals surface area (Å²) in [5, 5.41) is 6.88. The molecule has 1 aromatic carbocycles. The van der Waals surface area contributed by atoms with Gasteiger partial charge in [-0.3, -0.25) is 5.10 Å². The maximum atomic E-state index is 3.95. The van der Waals surface area contributed by atoms with E-state index in [0.717, 1.165) is 20.2 Å². The van der Waals surface area contributed by atoms with E-state index in [1.807, 2.05) is 24.3 Å². The Morgan fingerprint density at radius 2 is 1.85 bits per heavy atom. The number of H-pyrrole nitrogens is 1. The van der Waals surface area contributed by atoms with Crippen LogP contribution in [0.15, 0.2) is 39.4 Å². The molecule has 1 heterocycles. The van der Waals surface area contributed by atoms with Crippen molar-refractivity contribution in [2.75, 3.05) is 0 Å². The van der Waals surface area contributed by atoms with E-state index in [1.54, 1.807) is 6.20 Å². The maximum Gasteiger partial charge on any atom is 0.0803 e. The third-order valence-electron chi connectivity index (χ3n) is 1.74. The fraction of sp³-hybridized carbons (Fsp3) is 0. The summed E-state index contributed by atoms with van der Waals surface area (Å²) in [4.78, 5) is 0. The van der Waals surface area contributed by atoms with Gasteiger partial charge in [-0.25, -0.2) is 0 Å². The van der Waals surface area contributed by atoms with Gasteiger partial charge in [-0.2, -0.15) is 5.10 Å². The number of hydrogen-bond acceptors (Lipinski definition) is 1. The van der Waals surface area contributed by atoms with E-state index in [-0.39, 0.29) is 0 Å². The smallest absolute Gasteiger partial charge is 0.0803 e. The van der Waals surface area contributed by atoms with Crippen molar-refractivity contribution in [3.8, 4) is 11.3 Å². The molecule has 1 N–H and O–H groups in total. The number of nitrogens with one attached hydrogen (secondary N) is 1. The van der Waals surface area contributed by atoms with Crippen LogP contribution in [0, 0.1) is 0 Å². The topological polar surface area (TPSA) is 28.7 Å². The Kier molecular flexibility index (Phi) is 2.51. The van der Waals surface area contributed by atoms with Gasteiger partial charge in [0.1, 0.15) is 0 Å². The maximum absolute atomic E-state index is 3.95. The van der Waals surface area contributed by atoms with Crippen LogP contribution in [0.25, 0.3) is 11.3 Å². The number of aromatic nitrogens is 2. The van der Waals surface area contributed by atoms with E-state index >= 15 is 0 Å². The Labute approximate surface area is 92.6 Å². The van der Waals surface area contributed by atoms with E-state index in [1.165, 1.54) is 0 Å². The van der Waals surface area contributed by atoms with Gasteiger partial charge in [0.05, 0.1) is 16.4 Å². The lowest BCUT2D eigenvalue weighted by atomic mass is 10.2. The molecule has 0 saturated heterocycles. The second-order valence-corrected chi connectivity index (χ2v) is 4.28. The van der Waals surface area contributed by atoms with Gasteiger partial charge in [-0.05, 0) is 22.0 Å². The SMILES string of the molecule is Brc1ccccc1-c1[nH]ncc1Br. The minimum absolute atomic E-state index is 0.972. The predicted molar refractivity (Wildman–Crippen MR) is 59.4 cm³/mol. The summed E-state index contributed by atoms with van der Waals surface area (Å²) in [6, 6.07) is 8.01. The van der Waals surface area contributed by atoms with Crippen LogP contribution in [0.4, 0.5) is 0 Å². The summed E-state index contributed by atoms with van der Waals surface area (Å²) < 4.78 is 2.03. The first kappa shape index (κ1) is 8.97. The molecule has 0 aliphatic carbocycles. The van der Waals surface area contributed by atoms with Crippen molar-refractivity contribution >= 4 is 31.9 Å². The van der Waals surface area contributed by atoms with Crippen LogP contribution < -0.4 is 0 Å².